The number of nitrogens with two attached hydrogens (primary N) is 1. The van der Waals surface area contributed by atoms with Gasteiger partial charge in [0, 0.05) is 18.7 Å². The summed E-state index contributed by atoms with van der Waals surface area (Å²) in [5.41, 5.74) is 6.32. The standard InChI is InChI=1S/C13H15Cl2N3O2/c1-7-2-12(20)18(5-7)6-11(19)17-13-9(14)3-8(16)4-10(13)15/h3-4,7H,2,5-6,16H2,1H3,(H,17,19). The third kappa shape index (κ3) is 3.35. The van der Waals surface area contributed by atoms with Crippen molar-refractivity contribution in [3.05, 3.63) is 22.2 Å². The molecule has 1 heterocycles. The largest absolute Gasteiger partial charge is 0.399 e. The fourth-order valence-electron chi connectivity index (χ4n) is 2.19. The van der Waals surface area contributed by atoms with Gasteiger partial charge in [0.25, 0.3) is 0 Å². The van der Waals surface area contributed by atoms with Crippen LogP contribution in [0.4, 0.5) is 11.4 Å². The Hall–Kier alpha value is -1.46. The molecule has 1 fully saturated rings. The van der Waals surface area contributed by atoms with Crippen LogP contribution in [0.15, 0.2) is 12.1 Å². The molecule has 0 aromatic heterocycles. The molecule has 2 rings (SSSR count). The van der Waals surface area contributed by atoms with Gasteiger partial charge in [0.2, 0.25) is 11.8 Å². The molecule has 1 unspecified atom stereocenters. The number of anilines is 2. The van der Waals surface area contributed by atoms with Crippen molar-refractivity contribution in [3.63, 3.8) is 0 Å². The van der Waals surface area contributed by atoms with Crippen molar-refractivity contribution in [3.8, 4) is 0 Å². The number of benzene rings is 1. The molecule has 0 spiro atoms. The van der Waals surface area contributed by atoms with Gasteiger partial charge in [-0.3, -0.25) is 9.59 Å². The van der Waals surface area contributed by atoms with Crippen molar-refractivity contribution in [2.24, 2.45) is 5.92 Å². The Bertz CT molecular complexity index is 540. The van der Waals surface area contributed by atoms with Gasteiger partial charge in [-0.15, -0.1) is 0 Å². The van der Waals surface area contributed by atoms with Crippen molar-refractivity contribution in [1.29, 1.82) is 0 Å². The first kappa shape index (κ1) is 14.9. The third-order valence-corrected chi connectivity index (χ3v) is 3.67. The molecule has 2 amide bonds. The van der Waals surface area contributed by atoms with Gasteiger partial charge in [-0.25, -0.2) is 0 Å². The van der Waals surface area contributed by atoms with E-state index in [0.29, 0.717) is 24.3 Å². The summed E-state index contributed by atoms with van der Waals surface area (Å²) in [7, 11) is 0. The van der Waals surface area contributed by atoms with E-state index in [1.165, 1.54) is 17.0 Å². The van der Waals surface area contributed by atoms with Crippen molar-refractivity contribution in [2.45, 2.75) is 13.3 Å². The van der Waals surface area contributed by atoms with Crippen molar-refractivity contribution >= 4 is 46.4 Å². The molecular formula is C13H15Cl2N3O2. The minimum absolute atomic E-state index is 0.000206. The maximum atomic E-state index is 12.0. The number of nitrogens with zero attached hydrogens (tertiary/aromatic N) is 1. The van der Waals surface area contributed by atoms with E-state index in [2.05, 4.69) is 5.32 Å². The Kier molecular flexibility index (Phi) is 4.40. The molecule has 1 aliphatic rings. The van der Waals surface area contributed by atoms with E-state index < -0.39 is 0 Å². The predicted octanol–water partition coefficient (Wildman–Crippen LogP) is 2.38. The van der Waals surface area contributed by atoms with Crippen LogP contribution >= 0.6 is 23.2 Å². The molecule has 3 N–H and O–H groups in total. The minimum atomic E-state index is -0.332. The van der Waals surface area contributed by atoms with E-state index in [1.54, 1.807) is 0 Å². The normalized spacial score (nSPS) is 18.4. The highest BCUT2D eigenvalue weighted by molar-refractivity contribution is 6.40. The lowest BCUT2D eigenvalue weighted by Gasteiger charge is -2.16. The average molecular weight is 316 g/mol. The molecule has 1 aromatic rings. The molecular weight excluding hydrogens is 301 g/mol. The number of hydrogen-bond acceptors (Lipinski definition) is 3. The van der Waals surface area contributed by atoms with Crippen LogP contribution < -0.4 is 11.1 Å². The molecule has 20 heavy (non-hydrogen) atoms. The fourth-order valence-corrected chi connectivity index (χ4v) is 2.79. The maximum Gasteiger partial charge on any atom is 0.244 e. The first-order chi connectivity index (χ1) is 9.36. The number of carbonyl (C=O) groups is 2. The Labute approximate surface area is 127 Å². The van der Waals surface area contributed by atoms with Crippen LogP contribution in [0.2, 0.25) is 10.0 Å². The van der Waals surface area contributed by atoms with Crippen LogP contribution in [-0.4, -0.2) is 29.8 Å². The second-order valence-electron chi connectivity index (χ2n) is 4.99. The van der Waals surface area contributed by atoms with E-state index in [-0.39, 0.29) is 34.3 Å². The summed E-state index contributed by atoms with van der Waals surface area (Å²) in [5.74, 6) is -0.0674. The van der Waals surface area contributed by atoms with Crippen molar-refractivity contribution in [2.75, 3.05) is 24.1 Å². The third-order valence-electron chi connectivity index (χ3n) is 3.07. The molecule has 0 radical (unpaired) electrons. The summed E-state index contributed by atoms with van der Waals surface area (Å²) in [5, 5.41) is 3.15. The molecule has 108 valence electrons. The monoisotopic (exact) mass is 315 g/mol. The van der Waals surface area contributed by atoms with Gasteiger partial charge in [0.15, 0.2) is 0 Å². The molecule has 7 heteroatoms. The highest BCUT2D eigenvalue weighted by atomic mass is 35.5. The van der Waals surface area contributed by atoms with E-state index in [4.69, 9.17) is 28.9 Å². The van der Waals surface area contributed by atoms with E-state index in [1.807, 2.05) is 6.92 Å². The molecule has 0 saturated carbocycles. The summed E-state index contributed by atoms with van der Waals surface area (Å²) in [4.78, 5) is 25.1. The second-order valence-corrected chi connectivity index (χ2v) is 5.81. The van der Waals surface area contributed by atoms with Gasteiger partial charge in [-0.1, -0.05) is 30.1 Å². The summed E-state index contributed by atoms with van der Waals surface area (Å²) >= 11 is 12.0. The highest BCUT2D eigenvalue weighted by Gasteiger charge is 2.28. The molecule has 0 aliphatic carbocycles. The second kappa shape index (κ2) is 5.89. The summed E-state index contributed by atoms with van der Waals surface area (Å²) < 4.78 is 0. The zero-order chi connectivity index (χ0) is 14.9. The first-order valence-electron chi connectivity index (χ1n) is 6.19. The van der Waals surface area contributed by atoms with Gasteiger partial charge in [-0.2, -0.15) is 0 Å². The van der Waals surface area contributed by atoms with Gasteiger partial charge in [0.05, 0.1) is 22.3 Å². The van der Waals surface area contributed by atoms with E-state index in [0.717, 1.165) is 0 Å². The number of hydrogen-bond donors (Lipinski definition) is 2. The zero-order valence-corrected chi connectivity index (χ0v) is 12.5. The van der Waals surface area contributed by atoms with Crippen LogP contribution in [0, 0.1) is 5.92 Å². The quantitative estimate of drug-likeness (QED) is 0.841. The number of halogens is 2. The minimum Gasteiger partial charge on any atom is -0.399 e. The van der Waals surface area contributed by atoms with Crippen LogP contribution in [0.25, 0.3) is 0 Å². The number of rotatable bonds is 3. The van der Waals surface area contributed by atoms with Gasteiger partial charge in [0.1, 0.15) is 0 Å². The molecule has 0 bridgehead atoms. The Morgan fingerprint density at radius 1 is 1.45 bits per heavy atom. The predicted molar refractivity (Wildman–Crippen MR) is 79.9 cm³/mol. The molecule has 1 aromatic carbocycles. The lowest BCUT2D eigenvalue weighted by Crippen LogP contribution is -2.34. The molecule has 1 saturated heterocycles. The van der Waals surface area contributed by atoms with E-state index >= 15 is 0 Å². The summed E-state index contributed by atoms with van der Waals surface area (Å²) in [6.45, 7) is 2.57. The summed E-state index contributed by atoms with van der Waals surface area (Å²) in [6.07, 6.45) is 0.483. The number of amides is 2. The smallest absolute Gasteiger partial charge is 0.244 e. The number of carbonyl (C=O) groups excluding carboxylic acids is 2. The van der Waals surface area contributed by atoms with Crippen LogP contribution in [-0.2, 0) is 9.59 Å². The molecule has 5 nitrogen and oxygen atoms in total. The Balaban J connectivity index is 2.04. The van der Waals surface area contributed by atoms with E-state index in [9.17, 15) is 9.59 Å². The fraction of sp³-hybridized carbons (Fsp3) is 0.385. The van der Waals surface area contributed by atoms with Crippen LogP contribution in [0.1, 0.15) is 13.3 Å². The van der Waals surface area contributed by atoms with Crippen LogP contribution in [0.3, 0.4) is 0 Å². The average Bonchev–Trinajstić information content (AvgIpc) is 2.62. The molecule has 1 atom stereocenters. The lowest BCUT2D eigenvalue weighted by molar-refractivity contribution is -0.131. The van der Waals surface area contributed by atoms with Gasteiger partial charge in [-0.05, 0) is 18.1 Å². The number of nitrogen functional groups attached to an aromatic ring is 1. The van der Waals surface area contributed by atoms with Gasteiger partial charge >= 0.3 is 0 Å². The number of likely N-dealkylation sites (tertiary alicyclic amines) is 1. The lowest BCUT2D eigenvalue weighted by atomic mass is 10.2. The zero-order valence-electron chi connectivity index (χ0n) is 11.0. The summed E-state index contributed by atoms with van der Waals surface area (Å²) in [6, 6.07) is 3.01. The molecule has 1 aliphatic heterocycles. The first-order valence-corrected chi connectivity index (χ1v) is 6.94. The highest BCUT2D eigenvalue weighted by Crippen LogP contribution is 2.32. The van der Waals surface area contributed by atoms with Crippen molar-refractivity contribution in [1.82, 2.24) is 4.90 Å². The SMILES string of the molecule is CC1CC(=O)N(CC(=O)Nc2c(Cl)cc(N)cc2Cl)C1. The Morgan fingerprint density at radius 2 is 2.05 bits per heavy atom. The topological polar surface area (TPSA) is 75.4 Å². The van der Waals surface area contributed by atoms with Gasteiger partial charge < -0.3 is 16.0 Å². The maximum absolute atomic E-state index is 12.0. The number of nitrogens with one attached hydrogen (secondary N) is 1. The van der Waals surface area contributed by atoms with Crippen molar-refractivity contribution < 1.29 is 9.59 Å². The Morgan fingerprint density at radius 3 is 2.55 bits per heavy atom. The van der Waals surface area contributed by atoms with Crippen LogP contribution in [0.5, 0.6) is 0 Å².